The Morgan fingerprint density at radius 1 is 0.902 bits per heavy atom. The van der Waals surface area contributed by atoms with Gasteiger partial charge in [0, 0.05) is 44.9 Å². The highest BCUT2D eigenvalue weighted by Gasteiger charge is 2.28. The number of piperazine rings is 1. The average Bonchev–Trinajstić information content (AvgIpc) is 3.53. The van der Waals surface area contributed by atoms with Crippen molar-refractivity contribution in [1.82, 2.24) is 15.1 Å². The fourth-order valence-corrected chi connectivity index (χ4v) is 6.12. The van der Waals surface area contributed by atoms with Crippen LogP contribution < -0.4 is 14.6 Å². The van der Waals surface area contributed by atoms with Gasteiger partial charge in [-0.1, -0.05) is 40.9 Å². The Morgan fingerprint density at radius 3 is 2.20 bits per heavy atom. The fourth-order valence-electron chi connectivity index (χ4n) is 4.87. The monoisotopic (exact) mass is 578 g/mol. The summed E-state index contributed by atoms with van der Waals surface area (Å²) in [5.41, 5.74) is 0.567. The lowest BCUT2D eigenvalue weighted by Crippen LogP contribution is -2.52. The van der Waals surface area contributed by atoms with Gasteiger partial charge in [-0.05, 0) is 61.4 Å². The van der Waals surface area contributed by atoms with Crippen LogP contribution in [0.2, 0.25) is 0 Å². The topological polar surface area (TPSA) is 108 Å². The molecule has 0 bridgehead atoms. The molecule has 216 valence electrons. The zero-order valence-electron chi connectivity index (χ0n) is 22.7. The van der Waals surface area contributed by atoms with Crippen LogP contribution in [0.15, 0.2) is 89.8 Å². The van der Waals surface area contributed by atoms with Gasteiger partial charge >= 0.3 is 0 Å². The van der Waals surface area contributed by atoms with Crippen LogP contribution in [-0.2, 0) is 19.6 Å². The maximum Gasteiger partial charge on any atom is 0.295 e. The van der Waals surface area contributed by atoms with Crippen LogP contribution >= 0.6 is 0 Å². The average molecular weight is 579 g/mol. The maximum absolute atomic E-state index is 13.6. The molecule has 2 aliphatic rings. The number of ether oxygens (including phenoxy) is 1. The lowest BCUT2D eigenvalue weighted by atomic mass is 10.2. The molecule has 5 rings (SSSR count). The lowest BCUT2D eigenvalue weighted by Gasteiger charge is -2.35. The number of rotatable bonds is 10. The van der Waals surface area contributed by atoms with E-state index < -0.39 is 15.9 Å². The molecule has 1 atom stereocenters. The second-order valence-electron chi connectivity index (χ2n) is 10.00. The number of benzene rings is 3. The summed E-state index contributed by atoms with van der Waals surface area (Å²) < 4.78 is 33.7. The molecule has 2 saturated heterocycles. The molecular formula is C30H34N4O6S. The van der Waals surface area contributed by atoms with Crippen LogP contribution in [0.1, 0.15) is 23.2 Å². The minimum Gasteiger partial charge on any atom is -0.377 e. The largest absolute Gasteiger partial charge is 0.377 e. The van der Waals surface area contributed by atoms with Crippen molar-refractivity contribution < 1.29 is 27.6 Å². The van der Waals surface area contributed by atoms with Gasteiger partial charge in [0.1, 0.15) is 0 Å². The second kappa shape index (κ2) is 13.2. The Kier molecular flexibility index (Phi) is 9.17. The third-order valence-corrected chi connectivity index (χ3v) is 8.73. The van der Waals surface area contributed by atoms with Crippen molar-refractivity contribution in [2.24, 2.45) is 0 Å². The fraction of sp³-hybridized carbons (Fsp3) is 0.333. The summed E-state index contributed by atoms with van der Waals surface area (Å²) in [7, 11) is -4.14. The number of hydrogen-bond donors (Lipinski definition) is 1. The van der Waals surface area contributed by atoms with Gasteiger partial charge < -0.3 is 19.8 Å². The zero-order chi connectivity index (χ0) is 28.7. The summed E-state index contributed by atoms with van der Waals surface area (Å²) in [6, 6.07) is 22.6. The highest BCUT2D eigenvalue weighted by molar-refractivity contribution is 7.92. The van der Waals surface area contributed by atoms with Crippen molar-refractivity contribution >= 4 is 27.5 Å². The zero-order valence-corrected chi connectivity index (χ0v) is 23.5. The molecule has 2 fully saturated rings. The highest BCUT2D eigenvalue weighted by Crippen LogP contribution is 2.26. The molecule has 0 aliphatic carbocycles. The second-order valence-corrected chi connectivity index (χ2v) is 11.7. The number of amides is 2. The first-order chi connectivity index (χ1) is 19.9. The van der Waals surface area contributed by atoms with Crippen LogP contribution in [0.25, 0.3) is 0 Å². The Morgan fingerprint density at radius 2 is 1.56 bits per heavy atom. The van der Waals surface area contributed by atoms with E-state index in [4.69, 9.17) is 9.57 Å². The molecule has 0 radical (unpaired) electrons. The predicted octanol–water partition coefficient (Wildman–Crippen LogP) is 2.93. The van der Waals surface area contributed by atoms with Crippen molar-refractivity contribution in [3.8, 4) is 5.75 Å². The Labute approximate surface area is 240 Å². The summed E-state index contributed by atoms with van der Waals surface area (Å²) in [5.74, 6) is -0.254. The molecule has 0 saturated carbocycles. The molecule has 0 spiro atoms. The van der Waals surface area contributed by atoms with E-state index in [-0.39, 0.29) is 29.0 Å². The molecule has 2 heterocycles. The number of para-hydroxylation sites is 2. The quantitative estimate of drug-likeness (QED) is 0.369. The molecule has 3 aromatic rings. The maximum atomic E-state index is 13.6. The van der Waals surface area contributed by atoms with Gasteiger partial charge in [-0.25, -0.2) is 0 Å². The molecule has 1 unspecified atom stereocenters. The first kappa shape index (κ1) is 28.6. The third-order valence-electron chi connectivity index (χ3n) is 7.14. The van der Waals surface area contributed by atoms with Gasteiger partial charge in [0.25, 0.3) is 15.9 Å². The molecule has 3 aromatic carbocycles. The molecule has 11 heteroatoms. The van der Waals surface area contributed by atoms with E-state index in [0.29, 0.717) is 24.5 Å². The molecule has 10 nitrogen and oxygen atoms in total. The van der Waals surface area contributed by atoms with Gasteiger partial charge in [0.15, 0.2) is 5.75 Å². The molecule has 41 heavy (non-hydrogen) atoms. The van der Waals surface area contributed by atoms with Crippen LogP contribution in [0.5, 0.6) is 5.75 Å². The number of sulfonamides is 1. The lowest BCUT2D eigenvalue weighted by molar-refractivity contribution is -0.132. The molecule has 0 aromatic heterocycles. The van der Waals surface area contributed by atoms with Crippen molar-refractivity contribution in [2.75, 3.05) is 50.3 Å². The van der Waals surface area contributed by atoms with Crippen LogP contribution in [0.3, 0.4) is 0 Å². The minimum absolute atomic E-state index is 0.0502. The van der Waals surface area contributed by atoms with E-state index in [1.165, 1.54) is 24.3 Å². The standard InChI is InChI=1S/C30H34N4O6S/c35-29(33-19-17-32(18-20-33)23-27-12-7-21-39-27)22-31-30(36)24-13-15-28(16-14-24)41(37,38)34(25-8-3-1-4-9-25)40-26-10-5-2-6-11-26/h1-6,8-11,13-16,27H,7,12,17-23H2,(H,31,36). The minimum atomic E-state index is -4.14. The molecular weight excluding hydrogens is 544 g/mol. The van der Waals surface area contributed by atoms with E-state index >= 15 is 0 Å². The van der Waals surface area contributed by atoms with Crippen LogP contribution in [0.4, 0.5) is 5.69 Å². The summed E-state index contributed by atoms with van der Waals surface area (Å²) in [6.45, 7) is 4.38. The van der Waals surface area contributed by atoms with Crippen LogP contribution in [-0.4, -0.2) is 82.0 Å². The highest BCUT2D eigenvalue weighted by atomic mass is 32.2. The number of carbonyl (C=O) groups excluding carboxylic acids is 2. The molecule has 2 amide bonds. The van der Waals surface area contributed by atoms with Gasteiger partial charge in [-0.2, -0.15) is 8.42 Å². The van der Waals surface area contributed by atoms with Gasteiger partial charge in [-0.3, -0.25) is 14.5 Å². The van der Waals surface area contributed by atoms with E-state index in [0.717, 1.165) is 43.6 Å². The van der Waals surface area contributed by atoms with Crippen molar-refractivity contribution in [1.29, 1.82) is 0 Å². The smallest absolute Gasteiger partial charge is 0.295 e. The first-order valence-corrected chi connectivity index (χ1v) is 15.2. The number of nitrogens with one attached hydrogen (secondary N) is 1. The Balaban J connectivity index is 1.17. The van der Waals surface area contributed by atoms with Crippen molar-refractivity contribution in [2.45, 2.75) is 23.8 Å². The van der Waals surface area contributed by atoms with Gasteiger partial charge in [-0.15, -0.1) is 0 Å². The Hall–Kier alpha value is -3.93. The Bertz CT molecular complexity index is 1410. The number of nitrogens with zero attached hydrogens (tertiary/aromatic N) is 3. The molecule has 2 aliphatic heterocycles. The predicted molar refractivity (Wildman–Crippen MR) is 154 cm³/mol. The SMILES string of the molecule is O=C(NCC(=O)N1CCN(CC2CCCO2)CC1)c1ccc(S(=O)(=O)N(Oc2ccccc2)c2ccccc2)cc1. The third kappa shape index (κ3) is 7.24. The van der Waals surface area contributed by atoms with E-state index in [1.807, 2.05) is 0 Å². The van der Waals surface area contributed by atoms with E-state index in [1.54, 1.807) is 65.6 Å². The van der Waals surface area contributed by atoms with Crippen molar-refractivity contribution in [3.63, 3.8) is 0 Å². The van der Waals surface area contributed by atoms with E-state index in [2.05, 4.69) is 10.2 Å². The first-order valence-electron chi connectivity index (χ1n) is 13.7. The number of hydrogen-bond acceptors (Lipinski definition) is 7. The van der Waals surface area contributed by atoms with E-state index in [9.17, 15) is 18.0 Å². The molecule has 1 N–H and O–H groups in total. The summed E-state index contributed by atoms with van der Waals surface area (Å²) in [5, 5.41) is 2.66. The normalized spacial score (nSPS) is 17.7. The van der Waals surface area contributed by atoms with Crippen molar-refractivity contribution in [3.05, 3.63) is 90.5 Å². The number of anilines is 1. The van der Waals surface area contributed by atoms with Gasteiger partial charge in [0.05, 0.1) is 23.2 Å². The van der Waals surface area contributed by atoms with Gasteiger partial charge in [0.2, 0.25) is 5.91 Å². The number of carbonyl (C=O) groups is 2. The summed E-state index contributed by atoms with van der Waals surface area (Å²) in [6.07, 6.45) is 2.48. The summed E-state index contributed by atoms with van der Waals surface area (Å²) in [4.78, 5) is 35.2. The van der Waals surface area contributed by atoms with Crippen LogP contribution in [0, 0.1) is 0 Å². The summed E-state index contributed by atoms with van der Waals surface area (Å²) >= 11 is 0.